The van der Waals surface area contributed by atoms with Crippen molar-refractivity contribution in [2.24, 2.45) is 0 Å². The van der Waals surface area contributed by atoms with E-state index in [1.807, 2.05) is 37.3 Å². The highest BCUT2D eigenvalue weighted by Crippen LogP contribution is 2.20. The minimum absolute atomic E-state index is 0.104. The van der Waals surface area contributed by atoms with E-state index in [1.165, 1.54) is 19.2 Å². The largest absolute Gasteiger partial charge is 0.458 e. The first-order chi connectivity index (χ1) is 13.4. The van der Waals surface area contributed by atoms with Crippen LogP contribution in [0.4, 0.5) is 0 Å². The summed E-state index contributed by atoms with van der Waals surface area (Å²) < 4.78 is 36.3. The molecule has 146 valence electrons. The van der Waals surface area contributed by atoms with E-state index >= 15 is 0 Å². The van der Waals surface area contributed by atoms with Crippen molar-refractivity contribution in [1.29, 1.82) is 0 Å². The van der Waals surface area contributed by atoms with E-state index in [2.05, 4.69) is 5.16 Å². The lowest BCUT2D eigenvalue weighted by molar-refractivity contribution is -0.145. The van der Waals surface area contributed by atoms with Crippen molar-refractivity contribution < 1.29 is 22.5 Å². The number of likely N-dealkylation sites (N-methyl/N-ethyl adjacent to an activating group) is 1. The molecule has 0 atom stereocenters. The molecule has 0 unspecified atom stereocenters. The fourth-order valence-electron chi connectivity index (χ4n) is 2.48. The second kappa shape index (κ2) is 8.37. The maximum atomic E-state index is 12.5. The Morgan fingerprint density at radius 1 is 1.11 bits per heavy atom. The number of nitrogens with zero attached hydrogens (tertiary/aromatic N) is 2. The molecule has 0 aliphatic heterocycles. The first-order valence-electron chi connectivity index (χ1n) is 8.56. The van der Waals surface area contributed by atoms with Gasteiger partial charge in [0.1, 0.15) is 18.8 Å². The molecule has 0 amide bonds. The highest BCUT2D eigenvalue weighted by Gasteiger charge is 2.23. The summed E-state index contributed by atoms with van der Waals surface area (Å²) in [5.74, 6) is -0.117. The molecule has 3 aromatic rings. The maximum absolute atomic E-state index is 12.5. The number of ether oxygens (including phenoxy) is 1. The molecule has 1 aromatic heterocycles. The third kappa shape index (κ3) is 4.65. The van der Waals surface area contributed by atoms with Gasteiger partial charge < -0.3 is 9.26 Å². The lowest BCUT2D eigenvalue weighted by Gasteiger charge is -2.16. The van der Waals surface area contributed by atoms with Crippen molar-refractivity contribution in [1.82, 2.24) is 9.46 Å². The molecule has 0 saturated carbocycles. The Labute approximate surface area is 163 Å². The molecule has 0 saturated heterocycles. The van der Waals surface area contributed by atoms with Crippen LogP contribution in [0, 0.1) is 6.92 Å². The molecule has 7 nitrogen and oxygen atoms in total. The zero-order valence-electron chi connectivity index (χ0n) is 15.5. The van der Waals surface area contributed by atoms with Gasteiger partial charge in [0.15, 0.2) is 5.76 Å². The Kier molecular flexibility index (Phi) is 5.91. The molecule has 0 spiro atoms. The third-order valence-corrected chi connectivity index (χ3v) is 5.90. The van der Waals surface area contributed by atoms with Crippen molar-refractivity contribution in [2.75, 3.05) is 13.6 Å². The first kappa shape index (κ1) is 19.8. The summed E-state index contributed by atoms with van der Waals surface area (Å²) in [4.78, 5) is 12.2. The van der Waals surface area contributed by atoms with E-state index in [-0.39, 0.29) is 11.5 Å². The zero-order chi connectivity index (χ0) is 20.1. The topological polar surface area (TPSA) is 89.7 Å². The lowest BCUT2D eigenvalue weighted by Crippen LogP contribution is -2.33. The first-order valence-corrected chi connectivity index (χ1v) is 10.00. The van der Waals surface area contributed by atoms with Crippen LogP contribution in [0.3, 0.4) is 0 Å². The molecule has 3 rings (SSSR count). The lowest BCUT2D eigenvalue weighted by atomic mass is 10.2. The van der Waals surface area contributed by atoms with E-state index in [0.717, 1.165) is 15.4 Å². The molecular formula is C20H20N2O5S. The Bertz CT molecular complexity index is 1040. The van der Waals surface area contributed by atoms with Gasteiger partial charge in [0.05, 0.1) is 4.90 Å². The summed E-state index contributed by atoms with van der Waals surface area (Å²) >= 11 is 0. The van der Waals surface area contributed by atoms with E-state index in [9.17, 15) is 13.2 Å². The number of esters is 1. The Morgan fingerprint density at radius 2 is 1.79 bits per heavy atom. The maximum Gasteiger partial charge on any atom is 0.321 e. The van der Waals surface area contributed by atoms with Crippen molar-refractivity contribution in [2.45, 2.75) is 18.4 Å². The Hall–Kier alpha value is -2.97. The van der Waals surface area contributed by atoms with E-state index in [0.29, 0.717) is 11.5 Å². The van der Waals surface area contributed by atoms with E-state index in [4.69, 9.17) is 9.26 Å². The highest BCUT2D eigenvalue weighted by molar-refractivity contribution is 7.89. The SMILES string of the molecule is Cc1ccc(S(=O)(=O)N(C)CC(=O)OCc2cc(-c3ccccc3)on2)cc1. The number of aromatic nitrogens is 1. The van der Waals surface area contributed by atoms with Crippen molar-refractivity contribution in [3.63, 3.8) is 0 Å². The van der Waals surface area contributed by atoms with Gasteiger partial charge in [0.2, 0.25) is 10.0 Å². The highest BCUT2D eigenvalue weighted by atomic mass is 32.2. The average Bonchev–Trinajstić information content (AvgIpc) is 3.16. The van der Waals surface area contributed by atoms with Gasteiger partial charge in [-0.3, -0.25) is 4.79 Å². The Balaban J connectivity index is 1.57. The fourth-order valence-corrected chi connectivity index (χ4v) is 3.59. The van der Waals surface area contributed by atoms with Crippen LogP contribution >= 0.6 is 0 Å². The smallest absolute Gasteiger partial charge is 0.321 e. The van der Waals surface area contributed by atoms with E-state index in [1.54, 1.807) is 18.2 Å². The fraction of sp³-hybridized carbons (Fsp3) is 0.200. The predicted molar refractivity (Wildman–Crippen MR) is 103 cm³/mol. The minimum atomic E-state index is -3.77. The van der Waals surface area contributed by atoms with Crippen molar-refractivity contribution >= 4 is 16.0 Å². The number of sulfonamides is 1. The summed E-state index contributed by atoms with van der Waals surface area (Å²) in [7, 11) is -2.43. The van der Waals surface area contributed by atoms with Crippen molar-refractivity contribution in [3.05, 3.63) is 71.9 Å². The molecular weight excluding hydrogens is 380 g/mol. The van der Waals surface area contributed by atoms with E-state index < -0.39 is 22.5 Å². The predicted octanol–water partition coefficient (Wildman–Crippen LogP) is 3.01. The number of rotatable bonds is 7. The Morgan fingerprint density at radius 3 is 2.46 bits per heavy atom. The summed E-state index contributed by atoms with van der Waals surface area (Å²) in [6.07, 6.45) is 0. The number of hydrogen-bond acceptors (Lipinski definition) is 6. The molecule has 28 heavy (non-hydrogen) atoms. The van der Waals surface area contributed by atoms with Crippen LogP contribution in [0.15, 0.2) is 70.1 Å². The summed E-state index contributed by atoms with van der Waals surface area (Å²) in [6, 6.07) is 17.5. The molecule has 8 heteroatoms. The standard InChI is InChI=1S/C20H20N2O5S/c1-15-8-10-18(11-9-15)28(24,25)22(2)13-20(23)26-14-17-12-19(27-21-17)16-6-4-3-5-7-16/h3-12H,13-14H2,1-2H3. The molecule has 1 heterocycles. The van der Waals surface area contributed by atoms with Crippen LogP contribution in [0.5, 0.6) is 0 Å². The molecule has 0 bridgehead atoms. The monoisotopic (exact) mass is 400 g/mol. The van der Waals surface area contributed by atoms with Gasteiger partial charge in [-0.2, -0.15) is 4.31 Å². The van der Waals surface area contributed by atoms with Gasteiger partial charge in [-0.15, -0.1) is 0 Å². The second-order valence-corrected chi connectivity index (χ2v) is 8.33. The van der Waals surface area contributed by atoms with Crippen LogP contribution in [0.2, 0.25) is 0 Å². The molecule has 0 N–H and O–H groups in total. The van der Waals surface area contributed by atoms with Gasteiger partial charge in [-0.05, 0) is 19.1 Å². The summed E-state index contributed by atoms with van der Waals surface area (Å²) in [5.41, 5.74) is 2.25. The van der Waals surface area contributed by atoms with Gasteiger partial charge in [0.25, 0.3) is 0 Å². The molecule has 0 radical (unpaired) electrons. The normalized spacial score (nSPS) is 11.5. The van der Waals surface area contributed by atoms with Crippen LogP contribution in [-0.2, 0) is 26.2 Å². The van der Waals surface area contributed by atoms with Crippen LogP contribution in [0.25, 0.3) is 11.3 Å². The van der Waals surface area contributed by atoms with Gasteiger partial charge >= 0.3 is 5.97 Å². The summed E-state index contributed by atoms with van der Waals surface area (Å²) in [6.45, 7) is 1.36. The average molecular weight is 400 g/mol. The number of carbonyl (C=O) groups excluding carboxylic acids is 1. The van der Waals surface area contributed by atoms with Crippen molar-refractivity contribution in [3.8, 4) is 11.3 Å². The minimum Gasteiger partial charge on any atom is -0.458 e. The van der Waals surface area contributed by atoms with Gasteiger partial charge in [-0.25, -0.2) is 8.42 Å². The molecule has 2 aromatic carbocycles. The quantitative estimate of drug-likeness (QED) is 0.567. The molecule has 0 aliphatic carbocycles. The molecule has 0 aliphatic rings. The van der Waals surface area contributed by atoms with Crippen LogP contribution < -0.4 is 0 Å². The van der Waals surface area contributed by atoms with Crippen LogP contribution in [0.1, 0.15) is 11.3 Å². The number of aryl methyl sites for hydroxylation is 1. The number of benzene rings is 2. The summed E-state index contributed by atoms with van der Waals surface area (Å²) in [5, 5.41) is 3.86. The number of hydrogen-bond donors (Lipinski definition) is 0. The second-order valence-electron chi connectivity index (χ2n) is 6.28. The zero-order valence-corrected chi connectivity index (χ0v) is 16.3. The van der Waals surface area contributed by atoms with Gasteiger partial charge in [0, 0.05) is 18.7 Å². The third-order valence-electron chi connectivity index (χ3n) is 4.08. The number of carbonyl (C=O) groups is 1. The van der Waals surface area contributed by atoms with Crippen LogP contribution in [-0.4, -0.2) is 37.4 Å². The molecule has 0 fully saturated rings. The van der Waals surface area contributed by atoms with Gasteiger partial charge in [-0.1, -0.05) is 53.2 Å².